The molecule has 1 amide bonds. The zero-order valence-corrected chi connectivity index (χ0v) is 18.6. The molecular formula is C22H21F3N2O6S. The van der Waals surface area contributed by atoms with Crippen molar-refractivity contribution in [3.63, 3.8) is 0 Å². The minimum Gasteiger partial charge on any atom is -0.481 e. The second-order valence-electron chi connectivity index (χ2n) is 8.11. The molecule has 12 heteroatoms. The Morgan fingerprint density at radius 3 is 2.21 bits per heavy atom. The molecule has 4 rings (SSSR count). The van der Waals surface area contributed by atoms with E-state index >= 15 is 0 Å². The van der Waals surface area contributed by atoms with Crippen LogP contribution in [0.5, 0.6) is 5.75 Å². The number of hydrogen-bond donors (Lipinski definition) is 1. The lowest BCUT2D eigenvalue weighted by atomic mass is 10.1. The predicted molar refractivity (Wildman–Crippen MR) is 113 cm³/mol. The molecule has 182 valence electrons. The van der Waals surface area contributed by atoms with Crippen molar-refractivity contribution in [2.75, 3.05) is 26.2 Å². The molecule has 1 aliphatic carbocycles. The summed E-state index contributed by atoms with van der Waals surface area (Å²) in [6.45, 7) is 0.280. The van der Waals surface area contributed by atoms with Gasteiger partial charge in [-0.25, -0.2) is 8.42 Å². The summed E-state index contributed by atoms with van der Waals surface area (Å²) in [5.41, 5.74) is 1.39. The van der Waals surface area contributed by atoms with Crippen LogP contribution in [0.2, 0.25) is 0 Å². The van der Waals surface area contributed by atoms with Crippen molar-refractivity contribution in [1.82, 2.24) is 9.21 Å². The molecule has 0 bridgehead atoms. The first-order valence-corrected chi connectivity index (χ1v) is 11.9. The van der Waals surface area contributed by atoms with Crippen molar-refractivity contribution >= 4 is 21.9 Å². The van der Waals surface area contributed by atoms with Gasteiger partial charge in [0, 0.05) is 31.7 Å². The molecule has 0 spiro atoms. The van der Waals surface area contributed by atoms with Crippen LogP contribution >= 0.6 is 0 Å². The number of alkyl halides is 3. The van der Waals surface area contributed by atoms with Gasteiger partial charge < -0.3 is 14.7 Å². The molecule has 0 saturated carbocycles. The van der Waals surface area contributed by atoms with Crippen LogP contribution in [0.1, 0.15) is 21.5 Å². The fraction of sp³-hybridized carbons (Fsp3) is 0.364. The number of piperazine rings is 1. The van der Waals surface area contributed by atoms with Crippen LogP contribution < -0.4 is 4.74 Å². The summed E-state index contributed by atoms with van der Waals surface area (Å²) in [4.78, 5) is 25.6. The lowest BCUT2D eigenvalue weighted by molar-refractivity contribution is -0.274. The van der Waals surface area contributed by atoms with Gasteiger partial charge in [-0.05, 0) is 54.3 Å². The molecule has 1 atom stereocenters. The maximum absolute atomic E-state index is 13.3. The summed E-state index contributed by atoms with van der Waals surface area (Å²) in [7, 11) is -3.89. The Hall–Kier alpha value is -3.12. The Balaban J connectivity index is 1.43. The lowest BCUT2D eigenvalue weighted by Gasteiger charge is -2.34. The van der Waals surface area contributed by atoms with E-state index in [4.69, 9.17) is 0 Å². The summed E-state index contributed by atoms with van der Waals surface area (Å²) in [5.74, 6) is -2.50. The number of rotatable bonds is 5. The monoisotopic (exact) mass is 498 g/mol. The molecule has 1 heterocycles. The highest BCUT2D eigenvalue weighted by atomic mass is 32.2. The van der Waals surface area contributed by atoms with E-state index in [0.29, 0.717) is 11.1 Å². The van der Waals surface area contributed by atoms with E-state index in [1.165, 1.54) is 27.4 Å². The minimum absolute atomic E-state index is 0.0371. The molecule has 0 radical (unpaired) electrons. The van der Waals surface area contributed by atoms with Crippen molar-refractivity contribution in [3.05, 3.63) is 59.2 Å². The van der Waals surface area contributed by atoms with Crippen LogP contribution in [-0.4, -0.2) is 67.1 Å². The Bertz CT molecular complexity index is 1210. The molecule has 0 aromatic heterocycles. The maximum Gasteiger partial charge on any atom is 0.573 e. The smallest absolute Gasteiger partial charge is 0.481 e. The second-order valence-corrected chi connectivity index (χ2v) is 10.0. The predicted octanol–water partition coefficient (Wildman–Crippen LogP) is 2.53. The third-order valence-corrected chi connectivity index (χ3v) is 7.96. The first-order valence-electron chi connectivity index (χ1n) is 10.4. The van der Waals surface area contributed by atoms with E-state index < -0.39 is 39.9 Å². The highest BCUT2D eigenvalue weighted by molar-refractivity contribution is 7.89. The Labute approximate surface area is 193 Å². The number of halogens is 3. The maximum atomic E-state index is 13.3. The van der Waals surface area contributed by atoms with E-state index in [2.05, 4.69) is 4.74 Å². The van der Waals surface area contributed by atoms with E-state index in [0.717, 1.165) is 12.1 Å². The minimum atomic E-state index is -4.83. The molecule has 2 aromatic rings. The molecule has 2 aliphatic rings. The van der Waals surface area contributed by atoms with Crippen LogP contribution in [0.15, 0.2) is 47.4 Å². The average Bonchev–Trinajstić information content (AvgIpc) is 3.23. The molecule has 2 aromatic carbocycles. The van der Waals surface area contributed by atoms with Crippen molar-refractivity contribution in [1.29, 1.82) is 0 Å². The Morgan fingerprint density at radius 1 is 0.971 bits per heavy atom. The summed E-state index contributed by atoms with van der Waals surface area (Å²) >= 11 is 0. The van der Waals surface area contributed by atoms with E-state index in [1.54, 1.807) is 12.1 Å². The van der Waals surface area contributed by atoms with Crippen molar-refractivity contribution in [2.45, 2.75) is 24.1 Å². The molecule has 1 unspecified atom stereocenters. The van der Waals surface area contributed by atoms with Crippen LogP contribution in [0.25, 0.3) is 0 Å². The zero-order chi connectivity index (χ0) is 24.7. The number of hydrogen-bond acceptors (Lipinski definition) is 5. The van der Waals surface area contributed by atoms with Gasteiger partial charge >= 0.3 is 12.3 Å². The van der Waals surface area contributed by atoms with Gasteiger partial charge in [-0.3, -0.25) is 9.59 Å². The lowest BCUT2D eigenvalue weighted by Crippen LogP contribution is -2.50. The van der Waals surface area contributed by atoms with Crippen molar-refractivity contribution in [2.24, 2.45) is 5.92 Å². The van der Waals surface area contributed by atoms with Gasteiger partial charge in [0.1, 0.15) is 5.75 Å². The van der Waals surface area contributed by atoms with Crippen molar-refractivity contribution in [3.8, 4) is 5.75 Å². The number of sulfonamides is 1. The fourth-order valence-corrected chi connectivity index (χ4v) is 5.99. The number of carboxylic acids is 1. The topological polar surface area (TPSA) is 104 Å². The number of aliphatic carboxylic acids is 1. The van der Waals surface area contributed by atoms with Gasteiger partial charge in [0.25, 0.3) is 5.91 Å². The standard InChI is InChI=1S/C22H21F3N2O6S/c23-22(24,25)33-17-6-4-14(5-7-17)20(28)26-8-10-27(11-9-26)34(31,32)19-3-1-2-15-12-16(21(29)30)13-18(15)19/h1-7,16H,8-13H2,(H,29,30). The third-order valence-electron chi connectivity index (χ3n) is 5.97. The average molecular weight is 498 g/mol. The number of nitrogens with zero attached hydrogens (tertiary/aromatic N) is 2. The van der Waals surface area contributed by atoms with Gasteiger partial charge in [0.2, 0.25) is 10.0 Å². The highest BCUT2D eigenvalue weighted by Gasteiger charge is 2.36. The summed E-state index contributed by atoms with van der Waals surface area (Å²) in [5, 5.41) is 9.31. The van der Waals surface area contributed by atoms with Crippen molar-refractivity contribution < 1.29 is 41.0 Å². The van der Waals surface area contributed by atoms with Crippen LogP contribution in [0.3, 0.4) is 0 Å². The normalized spacial score (nSPS) is 19.0. The first kappa shape index (κ1) is 24.0. The van der Waals surface area contributed by atoms with E-state index in [-0.39, 0.29) is 49.5 Å². The molecule has 34 heavy (non-hydrogen) atoms. The largest absolute Gasteiger partial charge is 0.573 e. The van der Waals surface area contributed by atoms with Crippen LogP contribution in [0, 0.1) is 5.92 Å². The Morgan fingerprint density at radius 2 is 1.62 bits per heavy atom. The molecule has 1 fully saturated rings. The van der Waals surface area contributed by atoms with Crippen LogP contribution in [-0.2, 0) is 27.7 Å². The van der Waals surface area contributed by atoms with Gasteiger partial charge in [-0.15, -0.1) is 13.2 Å². The van der Waals surface area contributed by atoms with Gasteiger partial charge in [-0.1, -0.05) is 12.1 Å². The van der Waals surface area contributed by atoms with Crippen LogP contribution in [0.4, 0.5) is 13.2 Å². The number of fused-ring (bicyclic) bond motifs is 1. The second kappa shape index (κ2) is 8.91. The molecule has 1 saturated heterocycles. The summed E-state index contributed by atoms with van der Waals surface area (Å²) < 4.78 is 68.5. The SMILES string of the molecule is O=C(O)C1Cc2cccc(S(=O)(=O)N3CCN(C(=O)c4ccc(OC(F)(F)F)cc4)CC3)c2C1. The Kier molecular flexibility index (Phi) is 6.30. The number of carbonyl (C=O) groups is 2. The number of ether oxygens (including phenoxy) is 1. The highest BCUT2D eigenvalue weighted by Crippen LogP contribution is 2.33. The fourth-order valence-electron chi connectivity index (χ4n) is 4.29. The number of benzene rings is 2. The number of carbonyl (C=O) groups excluding carboxylic acids is 1. The van der Waals surface area contributed by atoms with Gasteiger partial charge in [0.15, 0.2) is 0 Å². The van der Waals surface area contributed by atoms with E-state index in [9.17, 15) is 36.3 Å². The summed E-state index contributed by atoms with van der Waals surface area (Å²) in [6.07, 6.45) is -4.41. The molecule has 8 nitrogen and oxygen atoms in total. The molecule has 1 N–H and O–H groups in total. The molecular weight excluding hydrogens is 477 g/mol. The number of carboxylic acid groups (broad SMARTS) is 1. The van der Waals surface area contributed by atoms with Gasteiger partial charge in [-0.2, -0.15) is 4.31 Å². The zero-order valence-electron chi connectivity index (χ0n) is 17.8. The number of amides is 1. The molecule has 1 aliphatic heterocycles. The van der Waals surface area contributed by atoms with E-state index in [1.807, 2.05) is 0 Å². The quantitative estimate of drug-likeness (QED) is 0.680. The third kappa shape index (κ3) is 4.87. The first-order chi connectivity index (χ1) is 16.0. The van der Waals surface area contributed by atoms with Gasteiger partial charge in [0.05, 0.1) is 10.8 Å². The summed E-state index contributed by atoms with van der Waals surface area (Å²) in [6, 6.07) is 9.34.